The molecule has 4 heteroatoms. The molecule has 86 valence electrons. The van der Waals surface area contributed by atoms with Crippen LogP contribution in [0, 0.1) is 5.82 Å². The van der Waals surface area contributed by atoms with Gasteiger partial charge in [0.05, 0.1) is 6.10 Å². The highest BCUT2D eigenvalue weighted by atomic mass is 19.1. The Bertz CT molecular complexity index is 423. The van der Waals surface area contributed by atoms with Crippen LogP contribution in [0.15, 0.2) is 18.2 Å². The Balaban J connectivity index is 2.04. The minimum Gasteiger partial charge on any atom is -0.392 e. The first-order valence-electron chi connectivity index (χ1n) is 5.62. The molecule has 0 spiro atoms. The van der Waals surface area contributed by atoms with E-state index in [9.17, 15) is 9.50 Å². The molecule has 1 saturated heterocycles. The molecule has 2 aliphatic heterocycles. The van der Waals surface area contributed by atoms with E-state index in [1.54, 1.807) is 6.07 Å². The maximum atomic E-state index is 13.7. The van der Waals surface area contributed by atoms with E-state index in [-0.39, 0.29) is 24.0 Å². The summed E-state index contributed by atoms with van der Waals surface area (Å²) in [5.74, 6) is -0.217. The van der Waals surface area contributed by atoms with Crippen LogP contribution < -0.4 is 5.73 Å². The molecule has 1 aromatic rings. The summed E-state index contributed by atoms with van der Waals surface area (Å²) in [6.07, 6.45) is 0.322. The van der Waals surface area contributed by atoms with Gasteiger partial charge in [0, 0.05) is 30.7 Å². The van der Waals surface area contributed by atoms with Crippen LogP contribution in [0.1, 0.15) is 23.6 Å². The Morgan fingerprint density at radius 1 is 1.44 bits per heavy atom. The molecular formula is C12H15FN2O. The molecule has 2 heterocycles. The third-order valence-electron chi connectivity index (χ3n) is 3.69. The maximum absolute atomic E-state index is 13.7. The molecule has 3 rings (SSSR count). The van der Waals surface area contributed by atoms with Crippen LogP contribution in [-0.4, -0.2) is 28.7 Å². The highest BCUT2D eigenvalue weighted by Gasteiger charge is 2.40. The lowest BCUT2D eigenvalue weighted by atomic mass is 9.89. The standard InChI is InChI=1S/C12H15FN2O/c13-9-3-1-2-7-5-15-6-8(16)4-10(15)12(14)11(7)9/h1-3,8,10,12,16H,4-6,14H2. The van der Waals surface area contributed by atoms with Gasteiger partial charge in [-0.05, 0) is 18.1 Å². The number of nitrogens with zero attached hydrogens (tertiary/aromatic N) is 1. The van der Waals surface area contributed by atoms with Crippen molar-refractivity contribution in [2.75, 3.05) is 6.54 Å². The first-order valence-corrected chi connectivity index (χ1v) is 5.62. The molecule has 3 unspecified atom stereocenters. The van der Waals surface area contributed by atoms with Crippen molar-refractivity contribution in [3.05, 3.63) is 35.1 Å². The average Bonchev–Trinajstić information content (AvgIpc) is 2.59. The van der Waals surface area contributed by atoms with E-state index in [1.807, 2.05) is 6.07 Å². The highest BCUT2D eigenvalue weighted by Crippen LogP contribution is 2.37. The fourth-order valence-corrected chi connectivity index (χ4v) is 2.97. The summed E-state index contributed by atoms with van der Waals surface area (Å²) in [5, 5.41) is 9.64. The van der Waals surface area contributed by atoms with Crippen molar-refractivity contribution < 1.29 is 9.50 Å². The van der Waals surface area contributed by atoms with Gasteiger partial charge in [0.25, 0.3) is 0 Å². The van der Waals surface area contributed by atoms with Gasteiger partial charge in [-0.25, -0.2) is 4.39 Å². The summed E-state index contributed by atoms with van der Waals surface area (Å²) in [5.41, 5.74) is 7.70. The predicted molar refractivity (Wildman–Crippen MR) is 58.2 cm³/mol. The molecule has 0 radical (unpaired) electrons. The SMILES string of the molecule is NC1c2c(F)cccc2CN2CC(O)CC12. The molecule has 16 heavy (non-hydrogen) atoms. The Morgan fingerprint density at radius 2 is 2.25 bits per heavy atom. The van der Waals surface area contributed by atoms with Gasteiger partial charge in [-0.15, -0.1) is 0 Å². The number of hydrogen-bond acceptors (Lipinski definition) is 3. The molecular weight excluding hydrogens is 207 g/mol. The lowest BCUT2D eigenvalue weighted by molar-refractivity contribution is 0.165. The summed E-state index contributed by atoms with van der Waals surface area (Å²) in [6, 6.07) is 4.86. The molecule has 3 N–H and O–H groups in total. The van der Waals surface area contributed by atoms with Crippen LogP contribution in [0.4, 0.5) is 4.39 Å². The van der Waals surface area contributed by atoms with E-state index < -0.39 is 0 Å². The van der Waals surface area contributed by atoms with Crippen molar-refractivity contribution in [1.82, 2.24) is 4.90 Å². The fourth-order valence-electron chi connectivity index (χ4n) is 2.97. The molecule has 1 aromatic carbocycles. The predicted octanol–water partition coefficient (Wildman–Crippen LogP) is 0.774. The summed E-state index contributed by atoms with van der Waals surface area (Å²) in [7, 11) is 0. The van der Waals surface area contributed by atoms with E-state index in [4.69, 9.17) is 5.73 Å². The molecule has 0 amide bonds. The van der Waals surface area contributed by atoms with Crippen molar-refractivity contribution in [3.8, 4) is 0 Å². The molecule has 0 aliphatic carbocycles. The summed E-state index contributed by atoms with van der Waals surface area (Å²) in [6.45, 7) is 1.34. The average molecular weight is 222 g/mol. The van der Waals surface area contributed by atoms with Crippen LogP contribution >= 0.6 is 0 Å². The maximum Gasteiger partial charge on any atom is 0.128 e. The summed E-state index contributed by atoms with van der Waals surface area (Å²) >= 11 is 0. The first-order chi connectivity index (χ1) is 7.66. The van der Waals surface area contributed by atoms with Crippen molar-refractivity contribution in [1.29, 1.82) is 0 Å². The lowest BCUT2D eigenvalue weighted by Crippen LogP contribution is -2.42. The van der Waals surface area contributed by atoms with Crippen LogP contribution in [-0.2, 0) is 6.54 Å². The van der Waals surface area contributed by atoms with Crippen LogP contribution in [0.5, 0.6) is 0 Å². The largest absolute Gasteiger partial charge is 0.392 e. The normalized spacial score (nSPS) is 33.6. The molecule has 3 nitrogen and oxygen atoms in total. The smallest absolute Gasteiger partial charge is 0.128 e. The lowest BCUT2D eigenvalue weighted by Gasteiger charge is -2.36. The number of benzene rings is 1. The quantitative estimate of drug-likeness (QED) is 0.682. The minimum absolute atomic E-state index is 0.0828. The second kappa shape index (κ2) is 3.52. The monoisotopic (exact) mass is 222 g/mol. The van der Waals surface area contributed by atoms with Crippen molar-refractivity contribution >= 4 is 0 Å². The Labute approximate surface area is 93.7 Å². The zero-order valence-electron chi connectivity index (χ0n) is 8.94. The van der Waals surface area contributed by atoms with Gasteiger partial charge in [0.2, 0.25) is 0 Å². The molecule has 0 saturated carbocycles. The van der Waals surface area contributed by atoms with E-state index >= 15 is 0 Å². The van der Waals surface area contributed by atoms with E-state index in [0.717, 1.165) is 5.56 Å². The van der Waals surface area contributed by atoms with Crippen LogP contribution in [0.25, 0.3) is 0 Å². The highest BCUT2D eigenvalue weighted by molar-refractivity contribution is 5.35. The van der Waals surface area contributed by atoms with Crippen LogP contribution in [0.2, 0.25) is 0 Å². The number of aliphatic hydroxyl groups excluding tert-OH is 1. The molecule has 0 bridgehead atoms. The molecule has 0 aromatic heterocycles. The zero-order valence-corrected chi connectivity index (χ0v) is 8.94. The second-order valence-electron chi connectivity index (χ2n) is 4.72. The molecule has 2 aliphatic rings. The van der Waals surface area contributed by atoms with Gasteiger partial charge in [0.1, 0.15) is 5.82 Å². The minimum atomic E-state index is -0.326. The fraction of sp³-hybridized carbons (Fsp3) is 0.500. The number of halogens is 1. The van der Waals surface area contributed by atoms with Gasteiger partial charge in [0.15, 0.2) is 0 Å². The number of rotatable bonds is 0. The molecule has 1 fully saturated rings. The van der Waals surface area contributed by atoms with E-state index in [2.05, 4.69) is 4.90 Å². The van der Waals surface area contributed by atoms with Gasteiger partial charge in [-0.3, -0.25) is 4.90 Å². The second-order valence-corrected chi connectivity index (χ2v) is 4.72. The van der Waals surface area contributed by atoms with E-state index in [0.29, 0.717) is 25.1 Å². The third kappa shape index (κ3) is 1.38. The Morgan fingerprint density at radius 3 is 3.06 bits per heavy atom. The summed E-state index contributed by atoms with van der Waals surface area (Å²) in [4.78, 5) is 2.15. The number of hydrogen-bond donors (Lipinski definition) is 2. The van der Waals surface area contributed by atoms with Gasteiger partial charge in [-0.1, -0.05) is 12.1 Å². The van der Waals surface area contributed by atoms with Gasteiger partial charge in [-0.2, -0.15) is 0 Å². The van der Waals surface area contributed by atoms with Crippen molar-refractivity contribution in [2.45, 2.75) is 31.2 Å². The number of nitrogens with two attached hydrogens (primary N) is 1. The first kappa shape index (κ1) is 10.2. The Kier molecular flexibility index (Phi) is 2.24. The zero-order chi connectivity index (χ0) is 11.3. The topological polar surface area (TPSA) is 49.5 Å². The number of aliphatic hydroxyl groups is 1. The van der Waals surface area contributed by atoms with Crippen LogP contribution in [0.3, 0.4) is 0 Å². The third-order valence-corrected chi connectivity index (χ3v) is 3.69. The number of fused-ring (bicyclic) bond motifs is 2. The van der Waals surface area contributed by atoms with Gasteiger partial charge >= 0.3 is 0 Å². The Hall–Kier alpha value is -0.970. The van der Waals surface area contributed by atoms with E-state index in [1.165, 1.54) is 6.07 Å². The van der Waals surface area contributed by atoms with Gasteiger partial charge < -0.3 is 10.8 Å². The molecule has 3 atom stereocenters. The van der Waals surface area contributed by atoms with Crippen molar-refractivity contribution in [3.63, 3.8) is 0 Å². The van der Waals surface area contributed by atoms with Crippen molar-refractivity contribution in [2.24, 2.45) is 5.73 Å². The summed E-state index contributed by atoms with van der Waals surface area (Å²) < 4.78 is 13.7.